The quantitative estimate of drug-likeness (QED) is 0.299. The van der Waals surface area contributed by atoms with Crippen LogP contribution in [0.3, 0.4) is 0 Å². The highest BCUT2D eigenvalue weighted by Crippen LogP contribution is 2.42. The number of hydrogen-bond donors (Lipinski definition) is 2. The summed E-state index contributed by atoms with van der Waals surface area (Å²) in [5.41, 5.74) is 7.58. The van der Waals surface area contributed by atoms with E-state index >= 15 is 0 Å². The number of rotatable bonds is 6. The number of hydrogen-bond acceptors (Lipinski definition) is 6. The minimum Gasteiger partial charge on any atom is -0.493 e. The SMILES string of the molecule is C#Cc1cccc(Nc2nc(N)nc3cc(OC)c(OC)c(Cc4ccc(Cl)c(C(F)(F)F)c4)c23)c1. The zero-order chi connectivity index (χ0) is 26.0. The fourth-order valence-electron chi connectivity index (χ4n) is 3.91. The van der Waals surface area contributed by atoms with Gasteiger partial charge in [0.2, 0.25) is 5.95 Å². The fraction of sp³-hybridized carbons (Fsp3) is 0.154. The summed E-state index contributed by atoms with van der Waals surface area (Å²) < 4.78 is 51.6. The highest BCUT2D eigenvalue weighted by molar-refractivity contribution is 6.31. The van der Waals surface area contributed by atoms with Crippen LogP contribution >= 0.6 is 11.6 Å². The third-order valence-corrected chi connectivity index (χ3v) is 5.78. The van der Waals surface area contributed by atoms with E-state index in [1.54, 1.807) is 30.3 Å². The molecule has 0 bridgehead atoms. The largest absolute Gasteiger partial charge is 0.493 e. The van der Waals surface area contributed by atoms with Gasteiger partial charge in [-0.3, -0.25) is 0 Å². The number of nitrogens with one attached hydrogen (secondary N) is 1. The zero-order valence-electron chi connectivity index (χ0n) is 19.2. The second kappa shape index (κ2) is 9.84. The molecule has 0 aliphatic rings. The van der Waals surface area contributed by atoms with E-state index in [9.17, 15) is 13.2 Å². The number of fused-ring (bicyclic) bond motifs is 1. The molecule has 0 atom stereocenters. The van der Waals surface area contributed by atoms with E-state index < -0.39 is 11.7 Å². The highest BCUT2D eigenvalue weighted by Gasteiger charge is 2.33. The second-order valence-electron chi connectivity index (χ2n) is 7.75. The van der Waals surface area contributed by atoms with E-state index in [1.807, 2.05) is 0 Å². The van der Waals surface area contributed by atoms with Crippen molar-refractivity contribution in [3.05, 3.63) is 75.8 Å². The predicted molar refractivity (Wildman–Crippen MR) is 134 cm³/mol. The van der Waals surface area contributed by atoms with E-state index in [4.69, 9.17) is 33.2 Å². The molecule has 3 aromatic carbocycles. The molecule has 0 amide bonds. The molecule has 6 nitrogen and oxygen atoms in total. The standard InChI is InChI=1S/C26H20ClF3N4O2/c1-4-14-6-5-7-16(10-14)32-24-22-17(11-15-8-9-19(27)18(12-15)26(28,29)30)23(36-3)21(35-2)13-20(22)33-25(31)34-24/h1,5-10,12-13H,11H2,2-3H3,(H3,31,32,33,34). The number of benzene rings is 3. The highest BCUT2D eigenvalue weighted by atomic mass is 35.5. The maximum absolute atomic E-state index is 13.5. The van der Waals surface area contributed by atoms with Crippen molar-refractivity contribution in [1.29, 1.82) is 0 Å². The lowest BCUT2D eigenvalue weighted by Gasteiger charge is -2.19. The van der Waals surface area contributed by atoms with Gasteiger partial charge in [-0.05, 0) is 35.9 Å². The number of halogens is 4. The van der Waals surface area contributed by atoms with Crippen molar-refractivity contribution < 1.29 is 22.6 Å². The van der Waals surface area contributed by atoms with Crippen LogP contribution in [0.2, 0.25) is 5.02 Å². The van der Waals surface area contributed by atoms with E-state index in [1.165, 1.54) is 26.4 Å². The lowest BCUT2D eigenvalue weighted by atomic mass is 9.97. The molecule has 4 rings (SSSR count). The third-order valence-electron chi connectivity index (χ3n) is 5.45. The number of nitrogens with two attached hydrogens (primary N) is 1. The molecule has 1 aromatic heterocycles. The molecule has 36 heavy (non-hydrogen) atoms. The fourth-order valence-corrected chi connectivity index (χ4v) is 4.14. The smallest absolute Gasteiger partial charge is 0.417 e. The molecule has 0 aliphatic carbocycles. The van der Waals surface area contributed by atoms with Crippen LogP contribution in [0.1, 0.15) is 22.3 Å². The van der Waals surface area contributed by atoms with Crippen LogP contribution in [0.15, 0.2) is 48.5 Å². The van der Waals surface area contributed by atoms with Gasteiger partial charge in [0.1, 0.15) is 5.82 Å². The van der Waals surface area contributed by atoms with Gasteiger partial charge >= 0.3 is 6.18 Å². The molecular weight excluding hydrogens is 493 g/mol. The van der Waals surface area contributed by atoms with Crippen molar-refractivity contribution in [1.82, 2.24) is 9.97 Å². The number of methoxy groups -OCH3 is 2. The first kappa shape index (κ1) is 24.9. The summed E-state index contributed by atoms with van der Waals surface area (Å²) in [6.45, 7) is 0. The molecule has 4 aromatic rings. The first-order valence-electron chi connectivity index (χ1n) is 10.5. The van der Waals surface area contributed by atoms with Gasteiger partial charge in [-0.25, -0.2) is 4.98 Å². The molecular formula is C26H20ClF3N4O2. The molecule has 0 spiro atoms. The summed E-state index contributed by atoms with van der Waals surface area (Å²) in [6.07, 6.45) is 0.937. The minimum absolute atomic E-state index is 0.0119. The topological polar surface area (TPSA) is 82.3 Å². The van der Waals surface area contributed by atoms with Crippen LogP contribution in [-0.2, 0) is 12.6 Å². The molecule has 0 fully saturated rings. The Labute approximate surface area is 210 Å². The van der Waals surface area contributed by atoms with Crippen LogP contribution < -0.4 is 20.5 Å². The summed E-state index contributed by atoms with van der Waals surface area (Å²) in [5.74, 6) is 3.54. The Morgan fingerprint density at radius 1 is 1.08 bits per heavy atom. The minimum atomic E-state index is -4.61. The molecule has 0 saturated heterocycles. The van der Waals surface area contributed by atoms with Gasteiger partial charge in [-0.15, -0.1) is 6.42 Å². The second-order valence-corrected chi connectivity index (χ2v) is 8.16. The van der Waals surface area contributed by atoms with Crippen molar-refractivity contribution in [2.75, 3.05) is 25.3 Å². The normalized spacial score (nSPS) is 11.2. The maximum Gasteiger partial charge on any atom is 0.417 e. The van der Waals surface area contributed by atoms with Crippen LogP contribution in [0.4, 0.5) is 30.6 Å². The van der Waals surface area contributed by atoms with Crippen LogP contribution in [-0.4, -0.2) is 24.2 Å². The molecule has 0 unspecified atom stereocenters. The Kier molecular flexibility index (Phi) is 6.82. The molecule has 3 N–H and O–H groups in total. The monoisotopic (exact) mass is 512 g/mol. The number of terminal acetylenes is 1. The lowest BCUT2D eigenvalue weighted by molar-refractivity contribution is -0.137. The Balaban J connectivity index is 1.95. The van der Waals surface area contributed by atoms with Crippen molar-refractivity contribution in [3.63, 3.8) is 0 Å². The van der Waals surface area contributed by atoms with E-state index in [-0.39, 0.29) is 17.4 Å². The number of nitrogen functional groups attached to an aromatic ring is 1. The van der Waals surface area contributed by atoms with Crippen molar-refractivity contribution >= 4 is 40.0 Å². The number of alkyl halides is 3. The zero-order valence-corrected chi connectivity index (χ0v) is 20.0. The summed E-state index contributed by atoms with van der Waals surface area (Å²) >= 11 is 5.82. The molecule has 1 heterocycles. The van der Waals surface area contributed by atoms with Gasteiger partial charge in [0, 0.05) is 29.3 Å². The van der Waals surface area contributed by atoms with Crippen molar-refractivity contribution in [2.45, 2.75) is 12.6 Å². The van der Waals surface area contributed by atoms with E-state index in [0.29, 0.717) is 50.6 Å². The van der Waals surface area contributed by atoms with Crippen molar-refractivity contribution in [2.24, 2.45) is 0 Å². The van der Waals surface area contributed by atoms with Gasteiger partial charge in [0.05, 0.1) is 35.7 Å². The Morgan fingerprint density at radius 2 is 1.86 bits per heavy atom. The summed E-state index contributed by atoms with van der Waals surface area (Å²) in [5, 5.41) is 3.31. The first-order valence-corrected chi connectivity index (χ1v) is 10.9. The molecule has 10 heteroatoms. The predicted octanol–water partition coefficient (Wildman–Crippen LogP) is 6.22. The van der Waals surface area contributed by atoms with E-state index in [0.717, 1.165) is 6.07 Å². The Hall–Kier alpha value is -4.16. The third kappa shape index (κ3) is 4.95. The average Bonchev–Trinajstić information content (AvgIpc) is 2.83. The number of nitrogens with zero attached hydrogens (tertiary/aromatic N) is 2. The lowest BCUT2D eigenvalue weighted by Crippen LogP contribution is -2.08. The van der Waals surface area contributed by atoms with Gasteiger partial charge in [0.25, 0.3) is 0 Å². The first-order chi connectivity index (χ1) is 17.1. The molecule has 184 valence electrons. The Morgan fingerprint density at radius 3 is 2.53 bits per heavy atom. The number of aromatic nitrogens is 2. The Bertz CT molecular complexity index is 1500. The number of ether oxygens (including phenoxy) is 2. The van der Waals surface area contributed by atoms with Gasteiger partial charge in [0.15, 0.2) is 11.5 Å². The molecule has 0 saturated carbocycles. The van der Waals surface area contributed by atoms with Crippen LogP contribution in [0, 0.1) is 12.3 Å². The van der Waals surface area contributed by atoms with Gasteiger partial charge in [-0.1, -0.05) is 29.7 Å². The van der Waals surface area contributed by atoms with Gasteiger partial charge in [-0.2, -0.15) is 18.2 Å². The molecule has 0 radical (unpaired) electrons. The van der Waals surface area contributed by atoms with Crippen LogP contribution in [0.5, 0.6) is 11.5 Å². The van der Waals surface area contributed by atoms with Crippen molar-refractivity contribution in [3.8, 4) is 23.8 Å². The summed E-state index contributed by atoms with van der Waals surface area (Å²) in [7, 11) is 2.89. The number of anilines is 3. The van der Waals surface area contributed by atoms with E-state index in [2.05, 4.69) is 21.2 Å². The average molecular weight is 513 g/mol. The maximum atomic E-state index is 13.5. The molecule has 0 aliphatic heterocycles. The summed E-state index contributed by atoms with van der Waals surface area (Å²) in [6, 6.07) is 12.5. The summed E-state index contributed by atoms with van der Waals surface area (Å²) in [4.78, 5) is 8.69. The van der Waals surface area contributed by atoms with Crippen LogP contribution in [0.25, 0.3) is 10.9 Å². The van der Waals surface area contributed by atoms with Gasteiger partial charge < -0.3 is 20.5 Å².